The molecule has 1 aliphatic rings. The highest BCUT2D eigenvalue weighted by Gasteiger charge is 2.27. The molecule has 18 heavy (non-hydrogen) atoms. The fourth-order valence-electron chi connectivity index (χ4n) is 2.46. The van der Waals surface area contributed by atoms with Gasteiger partial charge in [-0.3, -0.25) is 9.69 Å². The third kappa shape index (κ3) is 4.55. The van der Waals surface area contributed by atoms with Gasteiger partial charge in [-0.15, -0.1) is 0 Å². The molecule has 1 saturated heterocycles. The second-order valence-corrected chi connectivity index (χ2v) is 5.57. The molecule has 1 rings (SSSR count). The van der Waals surface area contributed by atoms with Gasteiger partial charge in [0.25, 0.3) is 0 Å². The summed E-state index contributed by atoms with van der Waals surface area (Å²) in [5.41, 5.74) is 0. The Bertz CT molecular complexity index is 261. The van der Waals surface area contributed by atoms with E-state index in [2.05, 4.69) is 43.2 Å². The highest BCUT2D eigenvalue weighted by Crippen LogP contribution is 2.06. The Morgan fingerprint density at radius 3 is 2.44 bits per heavy atom. The SMILES string of the molecule is CC(C)N(CCNC(=O)C1CC(O)CN1)C(C)C. The molecule has 1 fully saturated rings. The molecule has 106 valence electrons. The number of rotatable bonds is 6. The summed E-state index contributed by atoms with van der Waals surface area (Å²) in [5.74, 6) is -0.000915. The largest absolute Gasteiger partial charge is 0.392 e. The predicted molar refractivity (Wildman–Crippen MR) is 72.4 cm³/mol. The van der Waals surface area contributed by atoms with Crippen molar-refractivity contribution in [3.05, 3.63) is 0 Å². The van der Waals surface area contributed by atoms with Crippen LogP contribution in [0.1, 0.15) is 34.1 Å². The van der Waals surface area contributed by atoms with Crippen LogP contribution in [0.15, 0.2) is 0 Å². The van der Waals surface area contributed by atoms with Crippen molar-refractivity contribution in [1.82, 2.24) is 15.5 Å². The average molecular weight is 257 g/mol. The number of aliphatic hydroxyl groups is 1. The van der Waals surface area contributed by atoms with E-state index in [1.807, 2.05) is 0 Å². The molecule has 0 bridgehead atoms. The molecule has 5 heteroatoms. The van der Waals surface area contributed by atoms with E-state index in [4.69, 9.17) is 0 Å². The van der Waals surface area contributed by atoms with Crippen LogP contribution in [0.3, 0.4) is 0 Å². The van der Waals surface area contributed by atoms with E-state index in [9.17, 15) is 9.90 Å². The number of hydrogen-bond donors (Lipinski definition) is 3. The third-order valence-corrected chi connectivity index (χ3v) is 3.42. The standard InChI is InChI=1S/C13H27N3O2/c1-9(2)16(10(3)4)6-5-14-13(18)12-7-11(17)8-15-12/h9-12,15,17H,5-8H2,1-4H3,(H,14,18). The van der Waals surface area contributed by atoms with E-state index in [0.29, 0.717) is 31.6 Å². The Morgan fingerprint density at radius 1 is 1.39 bits per heavy atom. The maximum Gasteiger partial charge on any atom is 0.237 e. The van der Waals surface area contributed by atoms with Gasteiger partial charge in [-0.2, -0.15) is 0 Å². The van der Waals surface area contributed by atoms with Gasteiger partial charge < -0.3 is 15.7 Å². The maximum absolute atomic E-state index is 11.8. The van der Waals surface area contributed by atoms with Crippen LogP contribution >= 0.6 is 0 Å². The first kappa shape index (κ1) is 15.4. The van der Waals surface area contributed by atoms with E-state index in [0.717, 1.165) is 6.54 Å². The molecule has 1 heterocycles. The molecule has 3 N–H and O–H groups in total. The van der Waals surface area contributed by atoms with Crippen molar-refractivity contribution in [2.45, 2.75) is 58.3 Å². The second kappa shape index (κ2) is 7.07. The van der Waals surface area contributed by atoms with Gasteiger partial charge >= 0.3 is 0 Å². The normalized spacial score (nSPS) is 24.2. The van der Waals surface area contributed by atoms with Crippen LogP contribution in [0.5, 0.6) is 0 Å². The average Bonchev–Trinajstić information content (AvgIpc) is 2.69. The first-order valence-electron chi connectivity index (χ1n) is 6.86. The molecule has 2 atom stereocenters. The van der Waals surface area contributed by atoms with Gasteiger partial charge in [-0.05, 0) is 34.1 Å². The Balaban J connectivity index is 2.26. The molecular weight excluding hydrogens is 230 g/mol. The van der Waals surface area contributed by atoms with Gasteiger partial charge in [0.15, 0.2) is 0 Å². The van der Waals surface area contributed by atoms with Gasteiger partial charge in [0.1, 0.15) is 0 Å². The van der Waals surface area contributed by atoms with Gasteiger partial charge in [-0.25, -0.2) is 0 Å². The summed E-state index contributed by atoms with van der Waals surface area (Å²) in [7, 11) is 0. The van der Waals surface area contributed by atoms with Crippen molar-refractivity contribution in [1.29, 1.82) is 0 Å². The zero-order valence-electron chi connectivity index (χ0n) is 11.9. The lowest BCUT2D eigenvalue weighted by Crippen LogP contribution is -2.46. The molecule has 1 aliphatic heterocycles. The Morgan fingerprint density at radius 2 is 2.00 bits per heavy atom. The molecule has 0 saturated carbocycles. The highest BCUT2D eigenvalue weighted by molar-refractivity contribution is 5.82. The van der Waals surface area contributed by atoms with Crippen molar-refractivity contribution in [2.24, 2.45) is 0 Å². The second-order valence-electron chi connectivity index (χ2n) is 5.57. The van der Waals surface area contributed by atoms with Gasteiger partial charge in [-0.1, -0.05) is 0 Å². The molecular formula is C13H27N3O2. The summed E-state index contributed by atoms with van der Waals surface area (Å²) in [4.78, 5) is 14.2. The summed E-state index contributed by atoms with van der Waals surface area (Å²) in [5, 5.41) is 15.3. The fraction of sp³-hybridized carbons (Fsp3) is 0.923. The minimum atomic E-state index is -0.386. The molecule has 0 aromatic heterocycles. The maximum atomic E-state index is 11.8. The summed E-state index contributed by atoms with van der Waals surface area (Å²) in [6, 6.07) is 0.730. The monoisotopic (exact) mass is 257 g/mol. The molecule has 0 aromatic rings. The Kier molecular flexibility index (Phi) is 6.05. The lowest BCUT2D eigenvalue weighted by Gasteiger charge is -2.30. The first-order chi connectivity index (χ1) is 8.41. The van der Waals surface area contributed by atoms with Crippen LogP contribution in [0, 0.1) is 0 Å². The van der Waals surface area contributed by atoms with Crippen molar-refractivity contribution >= 4 is 5.91 Å². The number of hydrogen-bond acceptors (Lipinski definition) is 4. The van der Waals surface area contributed by atoms with E-state index in [1.54, 1.807) is 0 Å². The van der Waals surface area contributed by atoms with E-state index in [-0.39, 0.29) is 18.1 Å². The molecule has 0 spiro atoms. The summed E-state index contributed by atoms with van der Waals surface area (Å²) in [6.45, 7) is 10.7. The summed E-state index contributed by atoms with van der Waals surface area (Å²) < 4.78 is 0. The van der Waals surface area contributed by atoms with Crippen LogP contribution in [0.25, 0.3) is 0 Å². The highest BCUT2D eigenvalue weighted by atomic mass is 16.3. The first-order valence-corrected chi connectivity index (χ1v) is 6.86. The van der Waals surface area contributed by atoms with Gasteiger partial charge in [0, 0.05) is 31.7 Å². The van der Waals surface area contributed by atoms with E-state index in [1.165, 1.54) is 0 Å². The quantitative estimate of drug-likeness (QED) is 0.624. The van der Waals surface area contributed by atoms with Crippen molar-refractivity contribution in [2.75, 3.05) is 19.6 Å². The van der Waals surface area contributed by atoms with Gasteiger partial charge in [0.2, 0.25) is 5.91 Å². The van der Waals surface area contributed by atoms with Crippen molar-refractivity contribution in [3.63, 3.8) is 0 Å². The number of carbonyl (C=O) groups excluding carboxylic acids is 1. The topological polar surface area (TPSA) is 64.6 Å². The van der Waals surface area contributed by atoms with E-state index >= 15 is 0 Å². The van der Waals surface area contributed by atoms with Crippen LogP contribution in [-0.4, -0.2) is 59.8 Å². The Labute approximate surface area is 110 Å². The molecule has 5 nitrogen and oxygen atoms in total. The predicted octanol–water partition coefficient (Wildman–Crippen LogP) is -0.0558. The zero-order chi connectivity index (χ0) is 13.7. The van der Waals surface area contributed by atoms with E-state index < -0.39 is 0 Å². The minimum absolute atomic E-state index is 0.000915. The van der Waals surface area contributed by atoms with Crippen molar-refractivity contribution < 1.29 is 9.90 Å². The zero-order valence-corrected chi connectivity index (χ0v) is 11.9. The smallest absolute Gasteiger partial charge is 0.237 e. The van der Waals surface area contributed by atoms with Crippen LogP contribution in [0.4, 0.5) is 0 Å². The summed E-state index contributed by atoms with van der Waals surface area (Å²) in [6.07, 6.45) is 0.132. The third-order valence-electron chi connectivity index (χ3n) is 3.42. The van der Waals surface area contributed by atoms with Crippen LogP contribution in [-0.2, 0) is 4.79 Å². The number of aliphatic hydroxyl groups excluding tert-OH is 1. The number of β-amino-alcohol motifs (C(OH)–C–C–N with tert-alkyl or cyclic N) is 1. The molecule has 0 radical (unpaired) electrons. The number of nitrogens with zero attached hydrogens (tertiary/aromatic N) is 1. The molecule has 1 amide bonds. The Hall–Kier alpha value is -0.650. The minimum Gasteiger partial charge on any atom is -0.392 e. The number of nitrogens with one attached hydrogen (secondary N) is 2. The van der Waals surface area contributed by atoms with Crippen LogP contribution < -0.4 is 10.6 Å². The fourth-order valence-corrected chi connectivity index (χ4v) is 2.46. The lowest BCUT2D eigenvalue weighted by molar-refractivity contribution is -0.123. The molecule has 0 aliphatic carbocycles. The van der Waals surface area contributed by atoms with Gasteiger partial charge in [0.05, 0.1) is 12.1 Å². The lowest BCUT2D eigenvalue weighted by atomic mass is 10.2. The number of amides is 1. The summed E-state index contributed by atoms with van der Waals surface area (Å²) >= 11 is 0. The van der Waals surface area contributed by atoms with Crippen LogP contribution in [0.2, 0.25) is 0 Å². The van der Waals surface area contributed by atoms with Crippen molar-refractivity contribution in [3.8, 4) is 0 Å². The molecule has 2 unspecified atom stereocenters. The molecule has 0 aromatic carbocycles. The number of carbonyl (C=O) groups is 1.